The summed E-state index contributed by atoms with van der Waals surface area (Å²) in [5.74, 6) is 0. The van der Waals surface area contributed by atoms with Gasteiger partial charge in [-0.1, -0.05) is 14.9 Å². The molecule has 0 unspecified atom stereocenters. The molecule has 0 rings (SSSR count). The molecule has 0 aromatic carbocycles. The predicted octanol–water partition coefficient (Wildman–Crippen LogP) is 3.59. The van der Waals surface area contributed by atoms with Crippen LogP contribution in [0.2, 0.25) is 0 Å². The molecule has 0 spiro atoms. The zero-order valence-electron chi connectivity index (χ0n) is 8.60. The average Bonchev–Trinajstić information content (AvgIpc) is 1.79. The van der Waals surface area contributed by atoms with Crippen LogP contribution in [-0.2, 0) is 34.7 Å². The second kappa shape index (κ2) is 14.8. The Kier molecular flexibility index (Phi) is 23.0. The van der Waals surface area contributed by atoms with Gasteiger partial charge in [0.15, 0.2) is 5.30 Å². The maximum absolute atomic E-state index is 9.85. The molecule has 0 saturated carbocycles. The molecule has 6 heteroatoms. The van der Waals surface area contributed by atoms with E-state index in [0.717, 1.165) is 0 Å². The van der Waals surface area contributed by atoms with E-state index in [1.54, 1.807) is 13.8 Å². The molecule has 0 heterocycles. The van der Waals surface area contributed by atoms with Crippen molar-refractivity contribution in [1.29, 1.82) is 0 Å². The predicted molar refractivity (Wildman–Crippen MR) is 78.6 cm³/mol. The molecule has 0 fully saturated rings. The molecule has 0 aliphatic heterocycles. The number of rotatable bonds is 2. The lowest BCUT2D eigenvalue weighted by atomic mass is 10.5. The molecule has 0 bridgehead atoms. The number of hydrogen-bond donors (Lipinski definition) is 0. The second-order valence-corrected chi connectivity index (χ2v) is 4.17. The van der Waals surface area contributed by atoms with Crippen LogP contribution in [0.1, 0.15) is 42.5 Å². The number of hydrogen-bond acceptors (Lipinski definition) is 6. The number of carbonyl (C=O) groups is 1. The fourth-order valence-electron chi connectivity index (χ4n) is 0.385. The Morgan fingerprint density at radius 3 is 1.31 bits per heavy atom. The summed E-state index contributed by atoms with van der Waals surface area (Å²) in [6.07, 6.45) is 0.0509. The Morgan fingerprint density at radius 1 is 1.00 bits per heavy atom. The zero-order valence-corrected chi connectivity index (χ0v) is 11.1. The van der Waals surface area contributed by atoms with Gasteiger partial charge in [-0.15, -0.1) is 0 Å². The maximum atomic E-state index is 9.85. The summed E-state index contributed by atoms with van der Waals surface area (Å²) in [6, 6.07) is 0. The molecule has 0 aliphatic carbocycles. The lowest BCUT2D eigenvalue weighted by Crippen LogP contribution is -2.05. The molecule has 16 heavy (non-hydrogen) atoms. The molecule has 0 N–H and O–H groups in total. The van der Waals surface area contributed by atoms with Crippen molar-refractivity contribution in [3.63, 3.8) is 0 Å². The van der Waals surface area contributed by atoms with Gasteiger partial charge >= 0.3 is 0 Å². The van der Waals surface area contributed by atoms with Gasteiger partial charge in [0.25, 0.3) is 0 Å². The van der Waals surface area contributed by atoms with E-state index in [1.807, 2.05) is 13.8 Å². The summed E-state index contributed by atoms with van der Waals surface area (Å²) in [5, 5.41) is -0.630. The molecule has 0 atom stereocenters. The SMILES string of the molecule is C.C.CC(C)OC(=O)[S-].CC(C)OC(=S)[S-]. The minimum Gasteiger partial charge on any atom is -0.698 e. The minimum absolute atomic E-state index is 0. The van der Waals surface area contributed by atoms with Crippen LogP contribution in [0.25, 0.3) is 0 Å². The Labute approximate surface area is 116 Å². The van der Waals surface area contributed by atoms with Crippen molar-refractivity contribution >= 4 is 47.2 Å². The van der Waals surface area contributed by atoms with Crippen LogP contribution in [0, 0.1) is 0 Å². The monoisotopic (exact) mass is 286 g/mol. The van der Waals surface area contributed by atoms with Crippen molar-refractivity contribution in [2.75, 3.05) is 0 Å². The summed E-state index contributed by atoms with van der Waals surface area (Å²) < 4.78 is 9.43. The molecule has 0 aromatic heterocycles. The first-order valence-electron chi connectivity index (χ1n) is 4.01. The van der Waals surface area contributed by atoms with Gasteiger partial charge in [0.05, 0.1) is 12.2 Å². The quantitative estimate of drug-likeness (QED) is 0.438. The Morgan fingerprint density at radius 2 is 1.31 bits per heavy atom. The lowest BCUT2D eigenvalue weighted by Gasteiger charge is -2.11. The number of thiocarbonyl (C=S) groups is 1. The molecule has 0 aromatic rings. The largest absolute Gasteiger partial charge is 0.698 e. The fraction of sp³-hybridized carbons (Fsp3) is 0.800. The van der Waals surface area contributed by atoms with Crippen molar-refractivity contribution in [3.8, 4) is 0 Å². The van der Waals surface area contributed by atoms with Gasteiger partial charge in [-0.3, -0.25) is 4.79 Å². The third-order valence-electron chi connectivity index (χ3n) is 0.664. The molecule has 0 saturated heterocycles. The smallest absolute Gasteiger partial charge is 0.184 e. The number of ether oxygens (including phenoxy) is 2. The fourth-order valence-corrected chi connectivity index (χ4v) is 0.962. The standard InChI is InChI=1S/C4H8O2S.C4H8OS2.2CH4/c1-3(2)6-4(5)7;1-3(2)5-4(6)7;;/h3H,1-2H3,(H,5,7);3H,1-2H3,(H,6,7);2*1H4/p-2. The van der Waals surface area contributed by atoms with Crippen molar-refractivity contribution in [2.45, 2.75) is 54.8 Å². The van der Waals surface area contributed by atoms with Crippen LogP contribution in [0.3, 0.4) is 0 Å². The van der Waals surface area contributed by atoms with Crippen molar-refractivity contribution in [1.82, 2.24) is 0 Å². The topological polar surface area (TPSA) is 35.5 Å². The van der Waals surface area contributed by atoms with Gasteiger partial charge < -0.3 is 46.9 Å². The first kappa shape index (κ1) is 24.9. The zero-order chi connectivity index (χ0) is 11.7. The third-order valence-corrected chi connectivity index (χ3v) is 0.953. The minimum atomic E-state index is -0.630. The highest BCUT2D eigenvalue weighted by Gasteiger charge is 1.87. The van der Waals surface area contributed by atoms with E-state index >= 15 is 0 Å². The number of carbonyl (C=O) groups excluding carboxylic acids is 1. The van der Waals surface area contributed by atoms with E-state index in [9.17, 15) is 4.79 Å². The van der Waals surface area contributed by atoms with Crippen LogP contribution < -0.4 is 0 Å². The molecule has 100 valence electrons. The highest BCUT2D eigenvalue weighted by atomic mass is 32.1. The highest BCUT2D eigenvalue weighted by molar-refractivity contribution is 7.99. The van der Waals surface area contributed by atoms with Gasteiger partial charge in [0, 0.05) is 4.38 Å². The third kappa shape index (κ3) is 37.2. The van der Waals surface area contributed by atoms with Crippen molar-refractivity contribution in [3.05, 3.63) is 0 Å². The maximum Gasteiger partial charge on any atom is 0.184 e. The van der Waals surface area contributed by atoms with Gasteiger partial charge in [-0.25, -0.2) is 0 Å². The molecule has 0 aliphatic rings. The van der Waals surface area contributed by atoms with Crippen LogP contribution in [0.15, 0.2) is 0 Å². The van der Waals surface area contributed by atoms with Crippen molar-refractivity contribution < 1.29 is 14.3 Å². The van der Waals surface area contributed by atoms with Gasteiger partial charge in [-0.05, 0) is 27.7 Å². The first-order valence-corrected chi connectivity index (χ1v) is 5.23. The van der Waals surface area contributed by atoms with Crippen LogP contribution in [0.5, 0.6) is 0 Å². The normalized spacial score (nSPS) is 7.88. The Bertz CT molecular complexity index is 162. The summed E-state index contributed by atoms with van der Waals surface area (Å²) in [5.41, 5.74) is 0. The van der Waals surface area contributed by atoms with Crippen LogP contribution in [0.4, 0.5) is 4.79 Å². The van der Waals surface area contributed by atoms with Gasteiger partial charge in [0.1, 0.15) is 0 Å². The second-order valence-electron chi connectivity index (χ2n) is 2.83. The first-order chi connectivity index (χ1) is 6.25. The molecule has 0 amide bonds. The molecular weight excluding hydrogens is 264 g/mol. The van der Waals surface area contributed by atoms with Crippen molar-refractivity contribution in [2.24, 2.45) is 0 Å². The van der Waals surface area contributed by atoms with E-state index in [2.05, 4.69) is 42.2 Å². The molecule has 3 nitrogen and oxygen atoms in total. The van der Waals surface area contributed by atoms with E-state index in [4.69, 9.17) is 4.74 Å². The van der Waals surface area contributed by atoms with E-state index in [1.165, 1.54) is 0 Å². The van der Waals surface area contributed by atoms with E-state index in [-0.39, 0.29) is 31.4 Å². The highest BCUT2D eigenvalue weighted by Crippen LogP contribution is 1.87. The summed E-state index contributed by atoms with van der Waals surface area (Å²) in [7, 11) is 0. The summed E-state index contributed by atoms with van der Waals surface area (Å²) in [6.45, 7) is 7.28. The summed E-state index contributed by atoms with van der Waals surface area (Å²) in [4.78, 5) is 9.85. The molecular formula is C10H22O3S3-2. The van der Waals surface area contributed by atoms with Gasteiger partial charge in [0.2, 0.25) is 0 Å². The summed E-state index contributed by atoms with van der Waals surface area (Å²) >= 11 is 13.0. The Balaban J connectivity index is -0.0000000800. The van der Waals surface area contributed by atoms with Crippen LogP contribution in [-0.4, -0.2) is 21.9 Å². The van der Waals surface area contributed by atoms with E-state index < -0.39 is 5.30 Å². The lowest BCUT2D eigenvalue weighted by molar-refractivity contribution is 0.143. The molecule has 0 radical (unpaired) electrons. The Hall–Kier alpha value is -0.200. The average molecular weight is 286 g/mol. The van der Waals surface area contributed by atoms with Gasteiger partial charge in [-0.2, -0.15) is 0 Å². The van der Waals surface area contributed by atoms with E-state index in [0.29, 0.717) is 0 Å². The van der Waals surface area contributed by atoms with Crippen LogP contribution >= 0.6 is 12.2 Å².